The van der Waals surface area contributed by atoms with E-state index in [9.17, 15) is 9.59 Å². The van der Waals surface area contributed by atoms with Gasteiger partial charge in [-0.05, 0) is 31.9 Å². The lowest BCUT2D eigenvalue weighted by Gasteiger charge is -2.35. The summed E-state index contributed by atoms with van der Waals surface area (Å²) in [4.78, 5) is 40.9. The van der Waals surface area contributed by atoms with E-state index in [0.717, 1.165) is 30.5 Å². The van der Waals surface area contributed by atoms with Gasteiger partial charge in [0.05, 0.1) is 5.39 Å². The van der Waals surface area contributed by atoms with Gasteiger partial charge in [-0.1, -0.05) is 12.1 Å². The zero-order valence-corrected chi connectivity index (χ0v) is 17.6. The maximum absolute atomic E-state index is 13.0. The average molecular weight is 419 g/mol. The first-order valence-electron chi connectivity index (χ1n) is 10.8. The molecule has 0 atom stereocenters. The number of carbonyl (C=O) groups excluding carboxylic acids is 1. The number of hydrogen-bond donors (Lipinski definition) is 0. The molecule has 0 bridgehead atoms. The molecule has 4 heterocycles. The molecular formula is C23H25N5O3. The molecule has 31 heavy (non-hydrogen) atoms. The number of amides is 1. The van der Waals surface area contributed by atoms with Gasteiger partial charge in [0, 0.05) is 57.1 Å². The van der Waals surface area contributed by atoms with Gasteiger partial charge in [0.2, 0.25) is 5.95 Å². The Morgan fingerprint density at radius 2 is 1.68 bits per heavy atom. The van der Waals surface area contributed by atoms with E-state index in [4.69, 9.17) is 9.40 Å². The average Bonchev–Trinajstić information content (AvgIpc) is 3.33. The number of benzene rings is 1. The number of carbonyl (C=O) groups is 1. The summed E-state index contributed by atoms with van der Waals surface area (Å²) in [6.07, 6.45) is 2.36. The van der Waals surface area contributed by atoms with E-state index in [2.05, 4.69) is 14.8 Å². The molecule has 2 saturated heterocycles. The molecule has 2 aromatic heterocycles. The first-order chi connectivity index (χ1) is 15.1. The van der Waals surface area contributed by atoms with Gasteiger partial charge in [-0.15, -0.1) is 0 Å². The van der Waals surface area contributed by atoms with Crippen LogP contribution in [0, 0.1) is 6.92 Å². The molecule has 2 aliphatic rings. The van der Waals surface area contributed by atoms with Gasteiger partial charge >= 0.3 is 0 Å². The van der Waals surface area contributed by atoms with Crippen LogP contribution in [-0.2, 0) is 0 Å². The second-order valence-corrected chi connectivity index (χ2v) is 8.11. The fourth-order valence-corrected chi connectivity index (χ4v) is 4.26. The largest absolute Gasteiger partial charge is 0.451 e. The van der Waals surface area contributed by atoms with Crippen molar-refractivity contribution < 1.29 is 9.21 Å². The van der Waals surface area contributed by atoms with Crippen LogP contribution in [0.5, 0.6) is 0 Å². The first kappa shape index (κ1) is 19.5. The number of piperazine rings is 1. The molecule has 2 fully saturated rings. The van der Waals surface area contributed by atoms with E-state index in [-0.39, 0.29) is 17.1 Å². The van der Waals surface area contributed by atoms with E-state index >= 15 is 0 Å². The highest BCUT2D eigenvalue weighted by atomic mass is 16.3. The fraction of sp³-hybridized carbons (Fsp3) is 0.391. The highest BCUT2D eigenvalue weighted by Gasteiger charge is 2.26. The Balaban J connectivity index is 1.30. The minimum absolute atomic E-state index is 0.0892. The number of aromatic nitrogens is 2. The van der Waals surface area contributed by atoms with Crippen molar-refractivity contribution in [1.29, 1.82) is 0 Å². The molecule has 0 spiro atoms. The van der Waals surface area contributed by atoms with E-state index in [1.807, 2.05) is 13.0 Å². The third kappa shape index (κ3) is 3.85. The Labute approximate surface area is 180 Å². The van der Waals surface area contributed by atoms with E-state index in [1.54, 1.807) is 29.2 Å². The van der Waals surface area contributed by atoms with Crippen molar-refractivity contribution in [1.82, 2.24) is 14.9 Å². The summed E-state index contributed by atoms with van der Waals surface area (Å²) in [5.74, 6) is 1.54. The van der Waals surface area contributed by atoms with Crippen molar-refractivity contribution in [2.45, 2.75) is 19.8 Å². The van der Waals surface area contributed by atoms with E-state index in [1.165, 1.54) is 18.9 Å². The third-order valence-electron chi connectivity index (χ3n) is 5.95. The van der Waals surface area contributed by atoms with Crippen LogP contribution in [0.15, 0.2) is 45.6 Å². The number of rotatable bonds is 3. The normalized spacial score (nSPS) is 16.9. The molecular weight excluding hydrogens is 394 g/mol. The summed E-state index contributed by atoms with van der Waals surface area (Å²) in [5.41, 5.74) is 1.18. The summed E-state index contributed by atoms with van der Waals surface area (Å²) in [5, 5.41) is 0.483. The maximum atomic E-state index is 13.0. The Morgan fingerprint density at radius 3 is 2.45 bits per heavy atom. The van der Waals surface area contributed by atoms with E-state index in [0.29, 0.717) is 37.1 Å². The molecule has 0 saturated carbocycles. The molecule has 2 aliphatic heterocycles. The first-order valence-corrected chi connectivity index (χ1v) is 10.8. The summed E-state index contributed by atoms with van der Waals surface area (Å²) in [6, 6.07) is 10.3. The topological polar surface area (TPSA) is 82.8 Å². The fourth-order valence-electron chi connectivity index (χ4n) is 4.26. The standard InChI is InChI=1S/C23H25N5O3/c1-16-14-21(25-23(24-16)28-8-4-5-9-28)26-10-12-27(13-11-26)22(30)20-15-18(29)17-6-2-3-7-19(17)31-20/h2-3,6-7,14-15H,4-5,8-13H2,1H3. The zero-order chi connectivity index (χ0) is 21.4. The molecule has 160 valence electrons. The molecule has 0 radical (unpaired) electrons. The van der Waals surface area contributed by atoms with Crippen LogP contribution in [0.3, 0.4) is 0 Å². The lowest BCUT2D eigenvalue weighted by atomic mass is 10.2. The molecule has 0 unspecified atom stereocenters. The number of nitrogens with zero attached hydrogens (tertiary/aromatic N) is 5. The van der Waals surface area contributed by atoms with Crippen LogP contribution in [0.1, 0.15) is 29.1 Å². The van der Waals surface area contributed by atoms with Crippen LogP contribution in [0.25, 0.3) is 11.0 Å². The van der Waals surface area contributed by atoms with Gasteiger partial charge in [0.15, 0.2) is 11.2 Å². The van der Waals surface area contributed by atoms with Crippen LogP contribution >= 0.6 is 0 Å². The van der Waals surface area contributed by atoms with Crippen molar-refractivity contribution in [2.75, 3.05) is 49.1 Å². The van der Waals surface area contributed by atoms with Crippen molar-refractivity contribution in [3.8, 4) is 0 Å². The second-order valence-electron chi connectivity index (χ2n) is 8.11. The van der Waals surface area contributed by atoms with Gasteiger partial charge in [-0.2, -0.15) is 4.98 Å². The number of anilines is 2. The number of hydrogen-bond acceptors (Lipinski definition) is 7. The minimum atomic E-state index is -0.251. The summed E-state index contributed by atoms with van der Waals surface area (Å²) >= 11 is 0. The van der Waals surface area contributed by atoms with Gasteiger partial charge in [-0.3, -0.25) is 9.59 Å². The van der Waals surface area contributed by atoms with Gasteiger partial charge < -0.3 is 19.1 Å². The zero-order valence-electron chi connectivity index (χ0n) is 17.6. The quantitative estimate of drug-likeness (QED) is 0.645. The number of aryl methyl sites for hydroxylation is 1. The molecule has 1 aromatic carbocycles. The minimum Gasteiger partial charge on any atom is -0.451 e. The Morgan fingerprint density at radius 1 is 0.935 bits per heavy atom. The molecule has 3 aromatic rings. The third-order valence-corrected chi connectivity index (χ3v) is 5.95. The van der Waals surface area contributed by atoms with Gasteiger partial charge in [0.1, 0.15) is 11.4 Å². The summed E-state index contributed by atoms with van der Waals surface area (Å²) < 4.78 is 5.73. The van der Waals surface area contributed by atoms with E-state index < -0.39 is 0 Å². The molecule has 1 amide bonds. The molecule has 0 N–H and O–H groups in total. The van der Waals surface area contributed by atoms with Crippen molar-refractivity contribution in [3.05, 3.63) is 58.1 Å². The van der Waals surface area contributed by atoms with Gasteiger partial charge in [0.25, 0.3) is 5.91 Å². The lowest BCUT2D eigenvalue weighted by Crippen LogP contribution is -2.49. The SMILES string of the molecule is Cc1cc(N2CCN(C(=O)c3cc(=O)c4ccccc4o3)CC2)nc(N2CCCC2)n1. The number of fused-ring (bicyclic) bond motifs is 1. The lowest BCUT2D eigenvalue weighted by molar-refractivity contribution is 0.0715. The van der Waals surface area contributed by atoms with Crippen LogP contribution in [0.4, 0.5) is 11.8 Å². The van der Waals surface area contributed by atoms with Gasteiger partial charge in [-0.25, -0.2) is 4.98 Å². The summed E-state index contributed by atoms with van der Waals surface area (Å²) in [6.45, 7) is 6.41. The predicted octanol–water partition coefficient (Wildman–Crippen LogP) is 2.45. The molecule has 8 heteroatoms. The van der Waals surface area contributed by atoms with Crippen molar-refractivity contribution >= 4 is 28.6 Å². The molecule has 0 aliphatic carbocycles. The summed E-state index contributed by atoms with van der Waals surface area (Å²) in [7, 11) is 0. The predicted molar refractivity (Wildman–Crippen MR) is 119 cm³/mol. The molecule has 5 rings (SSSR count). The Kier molecular flexibility index (Phi) is 5.05. The van der Waals surface area contributed by atoms with Crippen molar-refractivity contribution in [2.24, 2.45) is 0 Å². The Bertz CT molecular complexity index is 1180. The second kappa shape index (κ2) is 8.02. The van der Waals surface area contributed by atoms with Crippen molar-refractivity contribution in [3.63, 3.8) is 0 Å². The monoisotopic (exact) mass is 419 g/mol. The highest BCUT2D eigenvalue weighted by molar-refractivity contribution is 5.93. The smallest absolute Gasteiger partial charge is 0.289 e. The maximum Gasteiger partial charge on any atom is 0.289 e. The molecule has 8 nitrogen and oxygen atoms in total. The van der Waals surface area contributed by atoms with Crippen LogP contribution < -0.4 is 15.2 Å². The van der Waals surface area contributed by atoms with Crippen LogP contribution in [-0.4, -0.2) is 60.0 Å². The Hall–Kier alpha value is -3.42. The highest BCUT2D eigenvalue weighted by Crippen LogP contribution is 2.22. The number of para-hydroxylation sites is 1. The van der Waals surface area contributed by atoms with Crippen LogP contribution in [0.2, 0.25) is 0 Å².